The second-order valence-electron chi connectivity index (χ2n) is 4.99. The second-order valence-corrected chi connectivity index (χ2v) is 4.99. The molecule has 20 heavy (non-hydrogen) atoms. The summed E-state index contributed by atoms with van der Waals surface area (Å²) < 4.78 is 10.8. The van der Waals surface area contributed by atoms with Crippen molar-refractivity contribution in [2.75, 3.05) is 26.8 Å². The van der Waals surface area contributed by atoms with Gasteiger partial charge in [0.1, 0.15) is 11.9 Å². The molecule has 0 aromatic heterocycles. The number of amides is 1. The third kappa shape index (κ3) is 3.95. The van der Waals surface area contributed by atoms with Crippen molar-refractivity contribution >= 4 is 5.91 Å². The molecule has 2 atom stereocenters. The minimum absolute atomic E-state index is 0.0318. The van der Waals surface area contributed by atoms with Gasteiger partial charge in [-0.2, -0.15) is 0 Å². The number of nitrogens with one attached hydrogen (secondary N) is 2. The summed E-state index contributed by atoms with van der Waals surface area (Å²) in [6, 6.07) is 7.88. The van der Waals surface area contributed by atoms with E-state index >= 15 is 0 Å². The number of rotatable bonds is 5. The molecule has 1 aliphatic rings. The summed E-state index contributed by atoms with van der Waals surface area (Å²) in [4.78, 5) is 12.0. The standard InChI is InChI=1S/C15H22N2O3/c1-11(9-12-5-3-4-6-13(12)19-2)17-15(18)14-10-16-7-8-20-14/h3-6,11,14,16H,7-10H2,1-2H3,(H,17,18). The van der Waals surface area contributed by atoms with Crippen LogP contribution in [-0.2, 0) is 16.0 Å². The monoisotopic (exact) mass is 278 g/mol. The first-order chi connectivity index (χ1) is 9.70. The van der Waals surface area contributed by atoms with Crippen molar-refractivity contribution in [2.45, 2.75) is 25.5 Å². The molecule has 2 N–H and O–H groups in total. The van der Waals surface area contributed by atoms with Gasteiger partial charge in [0.05, 0.1) is 13.7 Å². The first-order valence-corrected chi connectivity index (χ1v) is 6.95. The summed E-state index contributed by atoms with van der Waals surface area (Å²) >= 11 is 0. The summed E-state index contributed by atoms with van der Waals surface area (Å²) in [5, 5.41) is 6.14. The highest BCUT2D eigenvalue weighted by Crippen LogP contribution is 2.18. The van der Waals surface area contributed by atoms with Crippen LogP contribution in [0.5, 0.6) is 5.75 Å². The van der Waals surface area contributed by atoms with Crippen molar-refractivity contribution in [1.29, 1.82) is 0 Å². The largest absolute Gasteiger partial charge is 0.496 e. The van der Waals surface area contributed by atoms with E-state index in [9.17, 15) is 4.79 Å². The topological polar surface area (TPSA) is 59.6 Å². The van der Waals surface area contributed by atoms with Gasteiger partial charge < -0.3 is 20.1 Å². The lowest BCUT2D eigenvalue weighted by molar-refractivity contribution is -0.134. The van der Waals surface area contributed by atoms with Gasteiger partial charge in [-0.3, -0.25) is 4.79 Å². The van der Waals surface area contributed by atoms with Crippen molar-refractivity contribution in [3.63, 3.8) is 0 Å². The summed E-state index contributed by atoms with van der Waals surface area (Å²) in [7, 11) is 1.66. The van der Waals surface area contributed by atoms with E-state index in [1.54, 1.807) is 7.11 Å². The van der Waals surface area contributed by atoms with E-state index in [1.165, 1.54) is 0 Å². The van der Waals surface area contributed by atoms with E-state index in [4.69, 9.17) is 9.47 Å². The minimum atomic E-state index is -0.385. The van der Waals surface area contributed by atoms with E-state index in [1.807, 2.05) is 31.2 Å². The van der Waals surface area contributed by atoms with Crippen LogP contribution in [0.25, 0.3) is 0 Å². The average Bonchev–Trinajstić information content (AvgIpc) is 2.48. The van der Waals surface area contributed by atoms with Crippen LogP contribution in [-0.4, -0.2) is 44.9 Å². The van der Waals surface area contributed by atoms with Crippen molar-refractivity contribution in [3.8, 4) is 5.75 Å². The SMILES string of the molecule is COc1ccccc1CC(C)NC(=O)C1CNCCO1. The molecular formula is C15H22N2O3. The van der Waals surface area contributed by atoms with Gasteiger partial charge in [-0.1, -0.05) is 18.2 Å². The van der Waals surface area contributed by atoms with Gasteiger partial charge in [0.25, 0.3) is 5.91 Å². The molecule has 5 heteroatoms. The van der Waals surface area contributed by atoms with Crippen LogP contribution in [0.4, 0.5) is 0 Å². The lowest BCUT2D eigenvalue weighted by Crippen LogP contribution is -2.50. The molecule has 0 aliphatic carbocycles. The molecule has 1 aromatic rings. The van der Waals surface area contributed by atoms with Gasteiger partial charge in [0, 0.05) is 19.1 Å². The van der Waals surface area contributed by atoms with Gasteiger partial charge in [0.2, 0.25) is 0 Å². The summed E-state index contributed by atoms with van der Waals surface area (Å²) in [6.45, 7) is 3.95. The number of para-hydroxylation sites is 1. The summed E-state index contributed by atoms with van der Waals surface area (Å²) in [5.41, 5.74) is 1.09. The number of carbonyl (C=O) groups excluding carboxylic acids is 1. The highest BCUT2D eigenvalue weighted by molar-refractivity contribution is 5.81. The van der Waals surface area contributed by atoms with Crippen LogP contribution in [0.15, 0.2) is 24.3 Å². The van der Waals surface area contributed by atoms with Gasteiger partial charge in [-0.15, -0.1) is 0 Å². The fourth-order valence-corrected chi connectivity index (χ4v) is 2.32. The molecule has 2 rings (SSSR count). The van der Waals surface area contributed by atoms with Crippen molar-refractivity contribution in [3.05, 3.63) is 29.8 Å². The lowest BCUT2D eigenvalue weighted by atomic mass is 10.1. The Hall–Kier alpha value is -1.59. The Kier molecular flexibility index (Phi) is 5.38. The van der Waals surface area contributed by atoms with Crippen LogP contribution in [0.3, 0.4) is 0 Å². The van der Waals surface area contributed by atoms with Crippen LogP contribution in [0, 0.1) is 0 Å². The van der Waals surface area contributed by atoms with Crippen LogP contribution < -0.4 is 15.4 Å². The maximum Gasteiger partial charge on any atom is 0.250 e. The molecule has 1 fully saturated rings. The molecule has 1 amide bonds. The zero-order valence-corrected chi connectivity index (χ0v) is 12.0. The second kappa shape index (κ2) is 7.26. The zero-order chi connectivity index (χ0) is 14.4. The first kappa shape index (κ1) is 14.8. The first-order valence-electron chi connectivity index (χ1n) is 6.95. The zero-order valence-electron chi connectivity index (χ0n) is 12.0. The van der Waals surface area contributed by atoms with Crippen LogP contribution in [0.2, 0.25) is 0 Å². The quantitative estimate of drug-likeness (QED) is 0.833. The fraction of sp³-hybridized carbons (Fsp3) is 0.533. The third-order valence-electron chi connectivity index (χ3n) is 3.33. The molecule has 0 spiro atoms. The van der Waals surface area contributed by atoms with E-state index < -0.39 is 0 Å². The van der Waals surface area contributed by atoms with Crippen LogP contribution in [0.1, 0.15) is 12.5 Å². The average molecular weight is 278 g/mol. The van der Waals surface area contributed by atoms with Gasteiger partial charge >= 0.3 is 0 Å². The maximum atomic E-state index is 12.0. The molecule has 110 valence electrons. The fourth-order valence-electron chi connectivity index (χ4n) is 2.32. The summed E-state index contributed by atoms with van der Waals surface area (Å²) in [5.74, 6) is 0.795. The Balaban J connectivity index is 1.88. The Labute approximate surface area is 119 Å². The number of hydrogen-bond acceptors (Lipinski definition) is 4. The molecule has 1 aliphatic heterocycles. The molecule has 0 saturated carbocycles. The number of methoxy groups -OCH3 is 1. The number of carbonyl (C=O) groups is 1. The number of hydrogen-bond donors (Lipinski definition) is 2. The predicted octanol–water partition coefficient (Wildman–Crippen LogP) is 0.731. The van der Waals surface area contributed by atoms with Gasteiger partial charge in [-0.05, 0) is 25.0 Å². The molecule has 1 aromatic carbocycles. The highest BCUT2D eigenvalue weighted by atomic mass is 16.5. The highest BCUT2D eigenvalue weighted by Gasteiger charge is 2.23. The van der Waals surface area contributed by atoms with Crippen molar-refractivity contribution in [2.24, 2.45) is 0 Å². The number of benzene rings is 1. The van der Waals surface area contributed by atoms with Gasteiger partial charge in [-0.25, -0.2) is 0 Å². The molecule has 0 radical (unpaired) electrons. The van der Waals surface area contributed by atoms with Gasteiger partial charge in [0.15, 0.2) is 0 Å². The summed E-state index contributed by atoms with van der Waals surface area (Å²) in [6.07, 6.45) is 0.347. The maximum absolute atomic E-state index is 12.0. The van der Waals surface area contributed by atoms with E-state index in [2.05, 4.69) is 10.6 Å². The van der Waals surface area contributed by atoms with E-state index in [-0.39, 0.29) is 18.1 Å². The van der Waals surface area contributed by atoms with Crippen LogP contribution >= 0.6 is 0 Å². The molecule has 1 heterocycles. The van der Waals surface area contributed by atoms with Crippen molar-refractivity contribution in [1.82, 2.24) is 10.6 Å². The Morgan fingerprint density at radius 2 is 2.35 bits per heavy atom. The molecule has 2 unspecified atom stereocenters. The van der Waals surface area contributed by atoms with E-state index in [0.29, 0.717) is 13.2 Å². The minimum Gasteiger partial charge on any atom is -0.496 e. The molecule has 1 saturated heterocycles. The molecule has 0 bridgehead atoms. The third-order valence-corrected chi connectivity index (χ3v) is 3.33. The smallest absolute Gasteiger partial charge is 0.250 e. The molecular weight excluding hydrogens is 256 g/mol. The normalized spacial score (nSPS) is 20.2. The Morgan fingerprint density at radius 3 is 3.05 bits per heavy atom. The Morgan fingerprint density at radius 1 is 1.55 bits per heavy atom. The lowest BCUT2D eigenvalue weighted by Gasteiger charge is -2.24. The predicted molar refractivity (Wildman–Crippen MR) is 76.9 cm³/mol. The van der Waals surface area contributed by atoms with Crippen molar-refractivity contribution < 1.29 is 14.3 Å². The number of morpholine rings is 1. The molecule has 5 nitrogen and oxygen atoms in total. The number of ether oxygens (including phenoxy) is 2. The Bertz CT molecular complexity index is 444. The van der Waals surface area contributed by atoms with E-state index in [0.717, 1.165) is 24.3 Å².